The molecule has 0 spiro atoms. The molecule has 4 nitrogen and oxygen atoms in total. The Morgan fingerprint density at radius 1 is 1.19 bits per heavy atom. The van der Waals surface area contributed by atoms with E-state index in [1.807, 2.05) is 30.3 Å². The molecular weight excluding hydrogens is 334 g/mol. The van der Waals surface area contributed by atoms with Crippen molar-refractivity contribution in [3.63, 3.8) is 0 Å². The summed E-state index contributed by atoms with van der Waals surface area (Å²) in [6.45, 7) is 2.43. The van der Waals surface area contributed by atoms with Gasteiger partial charge in [-0.25, -0.2) is 0 Å². The molecule has 0 atom stereocenters. The number of hydrogen-bond acceptors (Lipinski definition) is 3. The fraction of sp³-hybridized carbons (Fsp3) is 0.250. The fourth-order valence-electron chi connectivity index (χ4n) is 2.02. The molecular formula is C16H16BrNO3. The predicted octanol–water partition coefficient (Wildman–Crippen LogP) is 4.89. The highest BCUT2D eigenvalue weighted by Gasteiger charge is 2.14. The molecule has 0 bridgehead atoms. The number of benzene rings is 2. The van der Waals surface area contributed by atoms with Crippen LogP contribution in [0.2, 0.25) is 0 Å². The van der Waals surface area contributed by atoms with Gasteiger partial charge >= 0.3 is 0 Å². The van der Waals surface area contributed by atoms with E-state index in [1.165, 1.54) is 11.6 Å². The highest BCUT2D eigenvalue weighted by Crippen LogP contribution is 2.29. The molecule has 0 amide bonds. The van der Waals surface area contributed by atoms with Gasteiger partial charge in [-0.3, -0.25) is 10.1 Å². The van der Waals surface area contributed by atoms with Crippen LogP contribution in [0.5, 0.6) is 5.75 Å². The Bertz CT molecular complexity index is 626. The van der Waals surface area contributed by atoms with Crippen LogP contribution in [0.4, 0.5) is 5.69 Å². The minimum atomic E-state index is -0.410. The van der Waals surface area contributed by atoms with E-state index in [4.69, 9.17) is 4.74 Å². The van der Waals surface area contributed by atoms with Crippen molar-refractivity contribution in [1.82, 2.24) is 0 Å². The lowest BCUT2D eigenvalue weighted by molar-refractivity contribution is -0.385. The summed E-state index contributed by atoms with van der Waals surface area (Å²) in [5.41, 5.74) is 2.08. The molecule has 0 fully saturated rings. The molecule has 0 N–H and O–H groups in total. The summed E-state index contributed by atoms with van der Waals surface area (Å²) in [7, 11) is 0. The highest BCUT2D eigenvalue weighted by molar-refractivity contribution is 9.10. The van der Waals surface area contributed by atoms with Gasteiger partial charge in [-0.15, -0.1) is 0 Å². The minimum Gasteiger partial charge on any atom is -0.489 e. The van der Waals surface area contributed by atoms with E-state index in [0.717, 1.165) is 24.2 Å². The van der Waals surface area contributed by atoms with Gasteiger partial charge in [0.2, 0.25) is 0 Å². The number of rotatable bonds is 6. The molecule has 5 heteroatoms. The van der Waals surface area contributed by atoms with Gasteiger partial charge in [0.15, 0.2) is 0 Å². The van der Waals surface area contributed by atoms with Crippen LogP contribution in [0.1, 0.15) is 24.5 Å². The van der Waals surface area contributed by atoms with Gasteiger partial charge < -0.3 is 4.74 Å². The highest BCUT2D eigenvalue weighted by atomic mass is 79.9. The van der Waals surface area contributed by atoms with Crippen molar-refractivity contribution in [1.29, 1.82) is 0 Å². The molecule has 0 radical (unpaired) electrons. The maximum Gasteiger partial charge on any atom is 0.283 e. The summed E-state index contributed by atoms with van der Waals surface area (Å²) < 4.78 is 6.16. The first-order valence-electron chi connectivity index (χ1n) is 6.75. The number of nitrogens with zero attached hydrogens (tertiary/aromatic N) is 1. The Balaban J connectivity index is 2.06. The van der Waals surface area contributed by atoms with E-state index < -0.39 is 4.92 Å². The normalized spacial score (nSPS) is 10.4. The first kappa shape index (κ1) is 15.5. The van der Waals surface area contributed by atoms with E-state index in [-0.39, 0.29) is 12.3 Å². The second kappa shape index (κ2) is 7.22. The maximum absolute atomic E-state index is 10.9. The summed E-state index contributed by atoms with van der Waals surface area (Å²) in [5.74, 6) is 0.758. The summed E-state index contributed by atoms with van der Waals surface area (Å²) in [4.78, 5) is 10.5. The van der Waals surface area contributed by atoms with Crippen molar-refractivity contribution in [2.75, 3.05) is 0 Å². The molecule has 0 aliphatic carbocycles. The van der Waals surface area contributed by atoms with Gasteiger partial charge in [-0.05, 0) is 40.0 Å². The van der Waals surface area contributed by atoms with Crippen molar-refractivity contribution in [3.8, 4) is 5.75 Å². The van der Waals surface area contributed by atoms with Gasteiger partial charge in [-0.2, -0.15) is 0 Å². The number of hydrogen-bond donors (Lipinski definition) is 0. The average Bonchev–Trinajstić information content (AvgIpc) is 2.48. The predicted molar refractivity (Wildman–Crippen MR) is 85.6 cm³/mol. The van der Waals surface area contributed by atoms with E-state index in [9.17, 15) is 10.1 Å². The van der Waals surface area contributed by atoms with Gasteiger partial charge in [0.05, 0.1) is 4.92 Å². The summed E-state index contributed by atoms with van der Waals surface area (Å²) in [5, 5.41) is 10.9. The van der Waals surface area contributed by atoms with Crippen LogP contribution < -0.4 is 4.74 Å². The van der Waals surface area contributed by atoms with E-state index in [1.54, 1.807) is 6.07 Å². The van der Waals surface area contributed by atoms with Crippen molar-refractivity contribution >= 4 is 21.6 Å². The van der Waals surface area contributed by atoms with Crippen molar-refractivity contribution < 1.29 is 9.66 Å². The molecule has 2 rings (SSSR count). The molecule has 110 valence electrons. The Labute approximate surface area is 132 Å². The lowest BCUT2D eigenvalue weighted by Crippen LogP contribution is -1.99. The molecule has 0 heterocycles. The number of halogens is 1. The monoisotopic (exact) mass is 349 g/mol. The number of nitro benzene ring substituents is 1. The smallest absolute Gasteiger partial charge is 0.283 e. The Morgan fingerprint density at radius 3 is 2.52 bits per heavy atom. The summed E-state index contributed by atoms with van der Waals surface area (Å²) >= 11 is 3.27. The van der Waals surface area contributed by atoms with Gasteiger partial charge in [0.1, 0.15) is 16.8 Å². The summed E-state index contributed by atoms with van der Waals surface area (Å²) in [6, 6.07) is 12.9. The maximum atomic E-state index is 10.9. The van der Waals surface area contributed by atoms with Crippen LogP contribution in [-0.4, -0.2) is 4.92 Å². The Hall–Kier alpha value is -1.88. The minimum absolute atomic E-state index is 0.0504. The first-order valence-corrected chi connectivity index (χ1v) is 7.54. The molecule has 21 heavy (non-hydrogen) atoms. The topological polar surface area (TPSA) is 52.4 Å². The second-order valence-corrected chi connectivity index (χ2v) is 5.48. The van der Waals surface area contributed by atoms with Crippen molar-refractivity contribution in [3.05, 3.63) is 68.2 Å². The van der Waals surface area contributed by atoms with Gasteiger partial charge in [0, 0.05) is 11.6 Å². The van der Waals surface area contributed by atoms with Crippen LogP contribution in [0.15, 0.2) is 46.9 Å². The first-order chi connectivity index (χ1) is 10.1. The second-order valence-electron chi connectivity index (χ2n) is 4.69. The van der Waals surface area contributed by atoms with Gasteiger partial charge in [0.25, 0.3) is 5.69 Å². The van der Waals surface area contributed by atoms with E-state index >= 15 is 0 Å². The van der Waals surface area contributed by atoms with Crippen LogP contribution in [0.25, 0.3) is 0 Å². The van der Waals surface area contributed by atoms with E-state index in [0.29, 0.717) is 4.47 Å². The molecule has 0 unspecified atom stereocenters. The lowest BCUT2D eigenvalue weighted by atomic mass is 10.1. The zero-order chi connectivity index (χ0) is 15.2. The third kappa shape index (κ3) is 4.04. The number of nitro groups is 1. The number of ether oxygens (including phenoxy) is 1. The Kier molecular flexibility index (Phi) is 5.33. The van der Waals surface area contributed by atoms with Crippen LogP contribution >= 0.6 is 15.9 Å². The average molecular weight is 350 g/mol. The molecule has 0 aliphatic rings. The number of aryl methyl sites for hydroxylation is 1. The Morgan fingerprint density at radius 2 is 1.90 bits per heavy atom. The summed E-state index contributed by atoms with van der Waals surface area (Å²) in [6.07, 6.45) is 2.16. The fourth-order valence-corrected chi connectivity index (χ4v) is 2.54. The standard InChI is InChI=1S/C16H16BrNO3/c1-2-4-12-7-9-14(10-8-12)21-11-13-5-3-6-15(16(13)17)18(19)20/h3,5-10H,2,4,11H2,1H3. The molecule has 2 aromatic rings. The largest absolute Gasteiger partial charge is 0.489 e. The van der Waals surface area contributed by atoms with Gasteiger partial charge in [-0.1, -0.05) is 37.6 Å². The zero-order valence-corrected chi connectivity index (χ0v) is 13.3. The van der Waals surface area contributed by atoms with Crippen LogP contribution in [-0.2, 0) is 13.0 Å². The van der Waals surface area contributed by atoms with Crippen molar-refractivity contribution in [2.24, 2.45) is 0 Å². The van der Waals surface area contributed by atoms with E-state index in [2.05, 4.69) is 22.9 Å². The third-order valence-electron chi connectivity index (χ3n) is 3.11. The van der Waals surface area contributed by atoms with Crippen molar-refractivity contribution in [2.45, 2.75) is 26.4 Å². The zero-order valence-electron chi connectivity index (χ0n) is 11.7. The molecule has 2 aromatic carbocycles. The quantitative estimate of drug-likeness (QED) is 0.551. The SMILES string of the molecule is CCCc1ccc(OCc2cccc([N+](=O)[O-])c2Br)cc1. The third-order valence-corrected chi connectivity index (χ3v) is 4.03. The lowest BCUT2D eigenvalue weighted by Gasteiger charge is -2.09. The molecule has 0 aliphatic heterocycles. The molecule has 0 saturated heterocycles. The molecule has 0 aromatic heterocycles. The van der Waals surface area contributed by atoms with Crippen LogP contribution in [0, 0.1) is 10.1 Å². The molecule has 0 saturated carbocycles. The van der Waals surface area contributed by atoms with Crippen LogP contribution in [0.3, 0.4) is 0 Å².